The largest absolute Gasteiger partial charge is 0.465 e. The number of methoxy groups -OCH3 is 1. The van der Waals surface area contributed by atoms with Gasteiger partial charge in [-0.1, -0.05) is 60.7 Å². The van der Waals surface area contributed by atoms with E-state index in [9.17, 15) is 19.7 Å². The zero-order valence-corrected chi connectivity index (χ0v) is 19.1. The van der Waals surface area contributed by atoms with Crippen molar-refractivity contribution < 1.29 is 24.0 Å². The average molecular weight is 472 g/mol. The summed E-state index contributed by atoms with van der Waals surface area (Å²) in [6, 6.07) is 20.3. The highest BCUT2D eigenvalue weighted by Gasteiger charge is 2.28. The van der Waals surface area contributed by atoms with E-state index in [1.54, 1.807) is 12.2 Å². The molecule has 178 valence electrons. The van der Waals surface area contributed by atoms with Crippen molar-refractivity contribution >= 4 is 23.8 Å². The number of rotatable bonds is 8. The van der Waals surface area contributed by atoms with E-state index in [1.807, 2.05) is 24.3 Å². The maximum atomic E-state index is 12.2. The number of non-ortho nitro benzene ring substituents is 1. The molecule has 4 rings (SSSR count). The van der Waals surface area contributed by atoms with Gasteiger partial charge in [0.25, 0.3) is 5.69 Å². The van der Waals surface area contributed by atoms with Gasteiger partial charge in [-0.3, -0.25) is 10.1 Å². The fraction of sp³-hybridized carbons (Fsp3) is 0.185. The van der Waals surface area contributed by atoms with E-state index in [2.05, 4.69) is 34.3 Å². The fourth-order valence-electron chi connectivity index (χ4n) is 4.20. The minimum atomic E-state index is -0.653. The predicted octanol–water partition coefficient (Wildman–Crippen LogP) is 5.32. The van der Waals surface area contributed by atoms with Gasteiger partial charge in [0, 0.05) is 24.6 Å². The smallest absolute Gasteiger partial charge is 0.407 e. The number of ether oxygens (including phenoxy) is 2. The molecule has 0 radical (unpaired) electrons. The Balaban J connectivity index is 1.30. The van der Waals surface area contributed by atoms with Crippen molar-refractivity contribution in [2.75, 3.05) is 20.3 Å². The number of nitro groups is 1. The minimum Gasteiger partial charge on any atom is -0.465 e. The molecule has 0 unspecified atom stereocenters. The summed E-state index contributed by atoms with van der Waals surface area (Å²) in [7, 11) is 1.21. The number of nitro benzene ring substituents is 1. The second-order valence-electron chi connectivity index (χ2n) is 8.01. The Bertz CT molecular complexity index is 1250. The van der Waals surface area contributed by atoms with Crippen LogP contribution in [0.2, 0.25) is 0 Å². The van der Waals surface area contributed by atoms with Crippen molar-refractivity contribution in [3.8, 4) is 11.1 Å². The van der Waals surface area contributed by atoms with E-state index in [0.29, 0.717) is 18.5 Å². The molecule has 0 spiro atoms. The number of hydrogen-bond acceptors (Lipinski definition) is 6. The Hall–Kier alpha value is -4.46. The first-order valence-corrected chi connectivity index (χ1v) is 11.1. The number of fused-ring (bicyclic) bond motifs is 3. The molecule has 8 heteroatoms. The highest BCUT2D eigenvalue weighted by Crippen LogP contribution is 2.44. The molecule has 1 aliphatic carbocycles. The Labute approximate surface area is 202 Å². The number of nitrogens with zero attached hydrogens (tertiary/aromatic N) is 1. The van der Waals surface area contributed by atoms with Crippen LogP contribution in [0, 0.1) is 10.1 Å². The van der Waals surface area contributed by atoms with Crippen molar-refractivity contribution in [2.45, 2.75) is 12.3 Å². The molecule has 35 heavy (non-hydrogen) atoms. The third-order valence-electron chi connectivity index (χ3n) is 5.81. The molecule has 0 fully saturated rings. The summed E-state index contributed by atoms with van der Waals surface area (Å²) in [6.45, 7) is 0.561. The number of esters is 1. The zero-order chi connectivity index (χ0) is 24.8. The molecule has 0 aliphatic heterocycles. The lowest BCUT2D eigenvalue weighted by molar-refractivity contribution is -0.384. The lowest BCUT2D eigenvalue weighted by Gasteiger charge is -2.14. The number of carbonyl (C=O) groups is 2. The van der Waals surface area contributed by atoms with Gasteiger partial charge in [0.1, 0.15) is 6.61 Å². The zero-order valence-electron chi connectivity index (χ0n) is 19.1. The Morgan fingerprint density at radius 2 is 1.69 bits per heavy atom. The van der Waals surface area contributed by atoms with Crippen molar-refractivity contribution in [2.24, 2.45) is 0 Å². The van der Waals surface area contributed by atoms with Crippen LogP contribution in [0.4, 0.5) is 10.5 Å². The van der Waals surface area contributed by atoms with E-state index in [-0.39, 0.29) is 23.8 Å². The van der Waals surface area contributed by atoms with Crippen molar-refractivity contribution in [1.29, 1.82) is 0 Å². The van der Waals surface area contributed by atoms with Crippen LogP contribution in [0.25, 0.3) is 17.2 Å². The van der Waals surface area contributed by atoms with Crippen LogP contribution in [0.5, 0.6) is 0 Å². The molecule has 1 N–H and O–H groups in total. The van der Waals surface area contributed by atoms with Gasteiger partial charge in [0.2, 0.25) is 0 Å². The molecular weight excluding hydrogens is 448 g/mol. The lowest BCUT2D eigenvalue weighted by atomic mass is 9.98. The Morgan fingerprint density at radius 3 is 2.31 bits per heavy atom. The van der Waals surface area contributed by atoms with E-state index in [0.717, 1.165) is 11.1 Å². The van der Waals surface area contributed by atoms with E-state index >= 15 is 0 Å². The summed E-state index contributed by atoms with van der Waals surface area (Å²) in [5.74, 6) is -0.661. The van der Waals surface area contributed by atoms with Crippen LogP contribution in [-0.2, 0) is 9.47 Å². The summed E-state index contributed by atoms with van der Waals surface area (Å²) in [4.78, 5) is 34.6. The minimum absolute atomic E-state index is 0.00840. The summed E-state index contributed by atoms with van der Waals surface area (Å²) in [6.07, 6.45) is 3.37. The molecule has 0 heterocycles. The van der Waals surface area contributed by atoms with E-state index < -0.39 is 17.0 Å². The van der Waals surface area contributed by atoms with Crippen LogP contribution >= 0.6 is 0 Å². The molecule has 0 aromatic heterocycles. The quantitative estimate of drug-likeness (QED) is 0.206. The molecule has 3 aromatic rings. The third kappa shape index (κ3) is 5.38. The van der Waals surface area contributed by atoms with Gasteiger partial charge in [-0.25, -0.2) is 9.59 Å². The molecule has 0 saturated carbocycles. The molecule has 0 saturated heterocycles. The van der Waals surface area contributed by atoms with Crippen LogP contribution in [0.15, 0.2) is 72.8 Å². The number of hydrogen-bond donors (Lipinski definition) is 1. The molecule has 1 aliphatic rings. The van der Waals surface area contributed by atoms with Crippen LogP contribution < -0.4 is 5.32 Å². The number of carbonyl (C=O) groups excluding carboxylic acids is 2. The van der Waals surface area contributed by atoms with E-state index in [1.165, 1.54) is 36.4 Å². The highest BCUT2D eigenvalue weighted by molar-refractivity contribution is 5.91. The molecular formula is C27H24N2O6. The topological polar surface area (TPSA) is 108 Å². The van der Waals surface area contributed by atoms with Crippen molar-refractivity contribution in [3.05, 3.63) is 105 Å². The number of benzene rings is 3. The average Bonchev–Trinajstić information content (AvgIpc) is 3.20. The monoisotopic (exact) mass is 472 g/mol. The first-order chi connectivity index (χ1) is 17.0. The Kier molecular flexibility index (Phi) is 7.21. The molecule has 3 aromatic carbocycles. The number of nitrogens with one attached hydrogen (secondary N) is 1. The van der Waals surface area contributed by atoms with Gasteiger partial charge in [-0.05, 0) is 40.3 Å². The van der Waals surface area contributed by atoms with Crippen LogP contribution in [0.1, 0.15) is 39.4 Å². The van der Waals surface area contributed by atoms with Crippen molar-refractivity contribution in [3.63, 3.8) is 0 Å². The maximum Gasteiger partial charge on any atom is 0.407 e. The van der Waals surface area contributed by atoms with Crippen molar-refractivity contribution in [1.82, 2.24) is 5.32 Å². The number of alkyl carbamates (subject to hydrolysis) is 1. The SMILES string of the molecule is COC(=O)c1cc(C=CCCNC(=O)OCC2c3ccccc3-c3ccccc32)cc([N+](=O)[O-])c1. The maximum absolute atomic E-state index is 12.2. The molecule has 0 bridgehead atoms. The molecule has 8 nitrogen and oxygen atoms in total. The second-order valence-corrected chi connectivity index (χ2v) is 8.01. The summed E-state index contributed by atoms with van der Waals surface area (Å²) >= 11 is 0. The van der Waals surface area contributed by atoms with Gasteiger partial charge in [0.05, 0.1) is 17.6 Å². The van der Waals surface area contributed by atoms with Gasteiger partial charge >= 0.3 is 12.1 Å². The predicted molar refractivity (Wildman–Crippen MR) is 131 cm³/mol. The van der Waals surface area contributed by atoms with Gasteiger partial charge in [0.15, 0.2) is 0 Å². The lowest BCUT2D eigenvalue weighted by Crippen LogP contribution is -2.26. The first-order valence-electron chi connectivity index (χ1n) is 11.1. The standard InChI is InChI=1S/C27H24N2O6/c1-34-26(30)19-14-18(15-20(16-19)29(32)33)8-6-7-13-28-27(31)35-17-25-23-11-4-2-9-21(23)22-10-3-5-12-24(22)25/h2-6,8-12,14-16,25H,7,13,17H2,1H3,(H,28,31). The normalized spacial score (nSPS) is 12.1. The van der Waals surface area contributed by atoms with Crippen LogP contribution in [-0.4, -0.2) is 37.2 Å². The number of amides is 1. The van der Waals surface area contributed by atoms with Gasteiger partial charge in [-0.15, -0.1) is 0 Å². The second kappa shape index (κ2) is 10.6. The van der Waals surface area contributed by atoms with E-state index in [4.69, 9.17) is 4.74 Å². The molecule has 0 atom stereocenters. The highest BCUT2D eigenvalue weighted by atomic mass is 16.6. The summed E-state index contributed by atoms with van der Waals surface area (Å²) in [5.41, 5.74) is 5.00. The fourth-order valence-corrected chi connectivity index (χ4v) is 4.20. The van der Waals surface area contributed by atoms with Crippen LogP contribution in [0.3, 0.4) is 0 Å². The first kappa shape index (κ1) is 23.7. The van der Waals surface area contributed by atoms with Gasteiger partial charge < -0.3 is 14.8 Å². The summed E-state index contributed by atoms with van der Waals surface area (Å²) in [5, 5.41) is 13.8. The third-order valence-corrected chi connectivity index (χ3v) is 5.81. The Morgan fingerprint density at radius 1 is 1.03 bits per heavy atom. The summed E-state index contributed by atoms with van der Waals surface area (Å²) < 4.78 is 10.1. The van der Waals surface area contributed by atoms with Gasteiger partial charge in [-0.2, -0.15) is 0 Å². The molecule has 1 amide bonds.